The van der Waals surface area contributed by atoms with Crippen LogP contribution >= 0.6 is 0 Å². The molecule has 2 aromatic rings. The Morgan fingerprint density at radius 1 is 1.13 bits per heavy atom. The molecule has 0 spiro atoms. The van der Waals surface area contributed by atoms with Gasteiger partial charge in [-0.15, -0.1) is 4.91 Å². The average molecular weight is 200 g/mol. The molecule has 76 valence electrons. The summed E-state index contributed by atoms with van der Waals surface area (Å²) < 4.78 is 0. The van der Waals surface area contributed by atoms with Crippen molar-refractivity contribution in [3.8, 4) is 0 Å². The number of hydrogen-bond donors (Lipinski definition) is 0. The molecule has 0 radical (unpaired) electrons. The zero-order valence-corrected chi connectivity index (χ0v) is 8.77. The molecule has 0 aliphatic rings. The van der Waals surface area contributed by atoms with Crippen LogP contribution in [0, 0.1) is 4.91 Å². The fourth-order valence-corrected chi connectivity index (χ4v) is 1.61. The molecule has 3 heteroatoms. The highest BCUT2D eigenvalue weighted by Crippen LogP contribution is 2.28. The third-order valence-electron chi connectivity index (χ3n) is 2.46. The minimum atomic E-state index is 0.498. The molecule has 0 fully saturated rings. The summed E-state index contributed by atoms with van der Waals surface area (Å²) in [6.07, 6.45) is 0. The van der Waals surface area contributed by atoms with Gasteiger partial charge in [-0.2, -0.15) is 0 Å². The van der Waals surface area contributed by atoms with E-state index in [9.17, 15) is 4.91 Å². The molecule has 0 N–H and O–H groups in total. The number of hydrogen-bond acceptors (Lipinski definition) is 3. The summed E-state index contributed by atoms with van der Waals surface area (Å²) in [5.41, 5.74) is 1.61. The summed E-state index contributed by atoms with van der Waals surface area (Å²) in [7, 11) is 3.98. The van der Waals surface area contributed by atoms with E-state index in [1.54, 1.807) is 6.07 Å². The highest BCUT2D eigenvalue weighted by Gasteiger charge is 2.02. The first kappa shape index (κ1) is 9.65. The van der Waals surface area contributed by atoms with Gasteiger partial charge in [-0.25, -0.2) is 0 Å². The minimum absolute atomic E-state index is 0.498. The van der Waals surface area contributed by atoms with E-state index in [1.165, 1.54) is 0 Å². The lowest BCUT2D eigenvalue weighted by molar-refractivity contribution is 1.14. The molecule has 0 aliphatic carbocycles. The topological polar surface area (TPSA) is 32.7 Å². The van der Waals surface area contributed by atoms with Gasteiger partial charge in [0.2, 0.25) is 0 Å². The van der Waals surface area contributed by atoms with Crippen LogP contribution in [0.5, 0.6) is 0 Å². The van der Waals surface area contributed by atoms with Crippen LogP contribution in [-0.2, 0) is 0 Å². The van der Waals surface area contributed by atoms with Crippen molar-refractivity contribution in [1.82, 2.24) is 0 Å². The molecule has 0 heterocycles. The van der Waals surface area contributed by atoms with Gasteiger partial charge in [0.1, 0.15) is 5.69 Å². The number of fused-ring (bicyclic) bond motifs is 1. The van der Waals surface area contributed by atoms with E-state index in [4.69, 9.17) is 0 Å². The van der Waals surface area contributed by atoms with Gasteiger partial charge < -0.3 is 4.90 Å². The van der Waals surface area contributed by atoms with Gasteiger partial charge >= 0.3 is 0 Å². The molecule has 0 atom stereocenters. The Hall–Kier alpha value is -1.90. The van der Waals surface area contributed by atoms with Gasteiger partial charge in [0.25, 0.3) is 0 Å². The molecule has 0 amide bonds. The first-order chi connectivity index (χ1) is 7.22. The third-order valence-corrected chi connectivity index (χ3v) is 2.46. The first-order valence-electron chi connectivity index (χ1n) is 4.76. The number of nitrogens with zero attached hydrogens (tertiary/aromatic N) is 2. The standard InChI is InChI=1S/C12H12N2O/c1-14(2)10-6-7-11-9(8-10)4-3-5-12(11)13-15/h3-8H,1-2H3. The maximum absolute atomic E-state index is 10.6. The Morgan fingerprint density at radius 2 is 1.93 bits per heavy atom. The second kappa shape index (κ2) is 3.69. The third kappa shape index (κ3) is 1.68. The van der Waals surface area contributed by atoms with E-state index in [2.05, 4.69) is 5.18 Å². The number of anilines is 1. The molecule has 0 bridgehead atoms. The molecule has 15 heavy (non-hydrogen) atoms. The quantitative estimate of drug-likeness (QED) is 0.697. The SMILES string of the molecule is CN(C)c1ccc2c(N=O)cccc2c1. The van der Waals surface area contributed by atoms with Crippen LogP contribution in [0.4, 0.5) is 11.4 Å². The molecular formula is C12H12N2O. The Kier molecular flexibility index (Phi) is 2.37. The Balaban J connectivity index is 2.69. The number of rotatable bonds is 2. The lowest BCUT2D eigenvalue weighted by atomic mass is 10.1. The van der Waals surface area contributed by atoms with E-state index in [1.807, 2.05) is 49.3 Å². The van der Waals surface area contributed by atoms with Crippen LogP contribution in [-0.4, -0.2) is 14.1 Å². The first-order valence-corrected chi connectivity index (χ1v) is 4.76. The molecular weight excluding hydrogens is 188 g/mol. The van der Waals surface area contributed by atoms with Crippen LogP contribution in [0.3, 0.4) is 0 Å². The Bertz CT molecular complexity index is 506. The van der Waals surface area contributed by atoms with Gasteiger partial charge in [-0.3, -0.25) is 0 Å². The van der Waals surface area contributed by atoms with Crippen LogP contribution < -0.4 is 4.90 Å². The van der Waals surface area contributed by atoms with Crippen molar-refractivity contribution in [2.24, 2.45) is 5.18 Å². The largest absolute Gasteiger partial charge is 0.378 e. The molecule has 2 aromatic carbocycles. The average Bonchev–Trinajstić information content (AvgIpc) is 2.27. The predicted molar refractivity (Wildman–Crippen MR) is 63.7 cm³/mol. The second-order valence-electron chi connectivity index (χ2n) is 3.67. The summed E-state index contributed by atoms with van der Waals surface area (Å²) in [5.74, 6) is 0. The highest BCUT2D eigenvalue weighted by molar-refractivity contribution is 5.94. The molecule has 0 aromatic heterocycles. The smallest absolute Gasteiger partial charge is 0.115 e. The lowest BCUT2D eigenvalue weighted by Crippen LogP contribution is -2.07. The molecule has 2 rings (SSSR count). The van der Waals surface area contributed by atoms with Gasteiger partial charge in [0, 0.05) is 25.2 Å². The number of nitroso groups, excluding NO2 is 1. The second-order valence-corrected chi connectivity index (χ2v) is 3.67. The minimum Gasteiger partial charge on any atom is -0.378 e. The van der Waals surface area contributed by atoms with Crippen LogP contribution in [0.15, 0.2) is 41.6 Å². The molecule has 3 nitrogen and oxygen atoms in total. The fourth-order valence-electron chi connectivity index (χ4n) is 1.61. The summed E-state index contributed by atoms with van der Waals surface area (Å²) in [5, 5.41) is 4.95. The summed E-state index contributed by atoms with van der Waals surface area (Å²) >= 11 is 0. The van der Waals surface area contributed by atoms with E-state index in [0.717, 1.165) is 16.5 Å². The van der Waals surface area contributed by atoms with Crippen LogP contribution in [0.1, 0.15) is 0 Å². The van der Waals surface area contributed by atoms with Crippen molar-refractivity contribution in [2.45, 2.75) is 0 Å². The van der Waals surface area contributed by atoms with E-state index in [0.29, 0.717) is 5.69 Å². The van der Waals surface area contributed by atoms with E-state index < -0.39 is 0 Å². The van der Waals surface area contributed by atoms with E-state index >= 15 is 0 Å². The van der Waals surface area contributed by atoms with Crippen LogP contribution in [0.25, 0.3) is 10.8 Å². The Morgan fingerprint density at radius 3 is 2.60 bits per heavy atom. The molecule has 0 aliphatic heterocycles. The number of benzene rings is 2. The zero-order chi connectivity index (χ0) is 10.8. The van der Waals surface area contributed by atoms with Crippen molar-refractivity contribution >= 4 is 22.1 Å². The highest BCUT2D eigenvalue weighted by atomic mass is 16.3. The maximum Gasteiger partial charge on any atom is 0.115 e. The molecule has 0 saturated heterocycles. The monoisotopic (exact) mass is 200 g/mol. The Labute approximate surface area is 88.3 Å². The van der Waals surface area contributed by atoms with Gasteiger partial charge in [0.05, 0.1) is 0 Å². The molecule has 0 saturated carbocycles. The van der Waals surface area contributed by atoms with Gasteiger partial charge in [0.15, 0.2) is 0 Å². The summed E-state index contributed by atoms with van der Waals surface area (Å²) in [6.45, 7) is 0. The lowest BCUT2D eigenvalue weighted by Gasteiger charge is -2.13. The van der Waals surface area contributed by atoms with Crippen molar-refractivity contribution in [3.05, 3.63) is 41.3 Å². The zero-order valence-electron chi connectivity index (χ0n) is 8.77. The van der Waals surface area contributed by atoms with Crippen molar-refractivity contribution in [2.75, 3.05) is 19.0 Å². The van der Waals surface area contributed by atoms with Gasteiger partial charge in [-0.05, 0) is 28.8 Å². The predicted octanol–water partition coefficient (Wildman–Crippen LogP) is 3.30. The summed E-state index contributed by atoms with van der Waals surface area (Å²) in [4.78, 5) is 12.6. The van der Waals surface area contributed by atoms with Crippen molar-refractivity contribution in [1.29, 1.82) is 0 Å². The van der Waals surface area contributed by atoms with Gasteiger partial charge in [-0.1, -0.05) is 18.2 Å². The van der Waals surface area contributed by atoms with Crippen molar-refractivity contribution in [3.63, 3.8) is 0 Å². The maximum atomic E-state index is 10.6. The van der Waals surface area contributed by atoms with E-state index in [-0.39, 0.29) is 0 Å². The van der Waals surface area contributed by atoms with Crippen molar-refractivity contribution < 1.29 is 0 Å². The summed E-state index contributed by atoms with van der Waals surface area (Å²) in [6, 6.07) is 11.5. The van der Waals surface area contributed by atoms with Crippen LogP contribution in [0.2, 0.25) is 0 Å². The fraction of sp³-hybridized carbons (Fsp3) is 0.167. The normalized spacial score (nSPS) is 10.3. The molecule has 0 unspecified atom stereocenters.